The van der Waals surface area contributed by atoms with Gasteiger partial charge in [-0.1, -0.05) is 23.5 Å². The van der Waals surface area contributed by atoms with Gasteiger partial charge in [0.1, 0.15) is 4.88 Å². The maximum Gasteiger partial charge on any atom is 0.416 e. The quantitative estimate of drug-likeness (QED) is 0.433. The number of carbonyl (C=O) groups is 1. The molecule has 1 aliphatic rings. The smallest absolute Gasteiger partial charge is 0.416 e. The number of hydrogen-bond acceptors (Lipinski definition) is 7. The van der Waals surface area contributed by atoms with E-state index >= 15 is 0 Å². The topological polar surface area (TPSA) is 54.9 Å². The van der Waals surface area contributed by atoms with E-state index in [2.05, 4.69) is 14.5 Å². The van der Waals surface area contributed by atoms with Gasteiger partial charge >= 0.3 is 18.8 Å². The van der Waals surface area contributed by atoms with Crippen LogP contribution >= 0.6 is 11.3 Å². The minimum absolute atomic E-state index is 0.240. The van der Waals surface area contributed by atoms with Crippen molar-refractivity contribution < 1.29 is 36.2 Å². The highest BCUT2D eigenvalue weighted by molar-refractivity contribution is 7.17. The van der Waals surface area contributed by atoms with Gasteiger partial charge in [-0.2, -0.15) is 22.0 Å². The molecule has 2 heterocycles. The van der Waals surface area contributed by atoms with E-state index in [9.17, 15) is 26.7 Å². The maximum absolute atomic E-state index is 12.8. The fraction of sp³-hybridized carbons (Fsp3) is 0.500. The summed E-state index contributed by atoms with van der Waals surface area (Å²) in [5.41, 5.74) is -0.0473. The molecular formula is C20H22F5N3O3S. The lowest BCUT2D eigenvalue weighted by Gasteiger charge is -2.43. The number of aromatic nitrogens is 1. The number of nitrogens with zero attached hydrogens (tertiary/aromatic N) is 3. The van der Waals surface area contributed by atoms with E-state index in [1.165, 1.54) is 25.4 Å². The third-order valence-corrected chi connectivity index (χ3v) is 6.34. The number of carbonyl (C=O) groups excluding carboxylic acids is 1. The first-order valence-electron chi connectivity index (χ1n) is 9.72. The maximum atomic E-state index is 12.8. The Bertz CT molecular complexity index is 907. The van der Waals surface area contributed by atoms with E-state index in [1.807, 2.05) is 11.8 Å². The Morgan fingerprint density at radius 1 is 1.25 bits per heavy atom. The second kappa shape index (κ2) is 10.1. The Labute approximate surface area is 185 Å². The molecule has 1 fully saturated rings. The molecule has 1 aromatic heterocycles. The van der Waals surface area contributed by atoms with Gasteiger partial charge in [0.25, 0.3) is 0 Å². The monoisotopic (exact) mass is 479 g/mol. The third-order valence-electron chi connectivity index (χ3n) is 5.32. The normalized spacial score (nSPS) is 18.8. The first kappa shape index (κ1) is 24.3. The van der Waals surface area contributed by atoms with Crippen LogP contribution in [0.3, 0.4) is 0 Å². The molecular weight excluding hydrogens is 457 g/mol. The summed E-state index contributed by atoms with van der Waals surface area (Å²) in [5, 5.41) is 0.482. The molecule has 12 heteroatoms. The molecule has 0 N–H and O–H groups in total. The average molecular weight is 479 g/mol. The lowest BCUT2D eigenvalue weighted by molar-refractivity contribution is -0.137. The number of anilines is 1. The van der Waals surface area contributed by atoms with Crippen LogP contribution in [0.5, 0.6) is 0 Å². The van der Waals surface area contributed by atoms with Crippen LogP contribution in [-0.2, 0) is 15.7 Å². The molecule has 1 saturated heterocycles. The highest BCUT2D eigenvalue weighted by atomic mass is 32.1. The van der Waals surface area contributed by atoms with Crippen molar-refractivity contribution in [1.82, 2.24) is 9.88 Å². The largest absolute Gasteiger partial charge is 0.465 e. The highest BCUT2D eigenvalue weighted by Gasteiger charge is 2.34. The summed E-state index contributed by atoms with van der Waals surface area (Å²) in [5.74, 6) is -0.538. The first-order chi connectivity index (χ1) is 15.1. The molecule has 6 nitrogen and oxygen atoms in total. The number of thiazole rings is 1. The molecule has 0 aliphatic carbocycles. The van der Waals surface area contributed by atoms with Crippen molar-refractivity contribution in [3.63, 3.8) is 0 Å². The van der Waals surface area contributed by atoms with Gasteiger partial charge in [-0.05, 0) is 24.6 Å². The van der Waals surface area contributed by atoms with Crippen molar-refractivity contribution in [2.24, 2.45) is 0 Å². The van der Waals surface area contributed by atoms with Crippen LogP contribution in [0.2, 0.25) is 0 Å². The van der Waals surface area contributed by atoms with Crippen LogP contribution in [0.4, 0.5) is 27.1 Å². The standard InChI is InChI=1S/C20H22F5N3O3S/c1-12(13-3-5-14(6-4-13)20(23,24)25)27-7-8-28(15(10-27)11-31-18(21)22)19-26-9-16(32-19)17(29)30-2/h3-6,9,12,15,18H,7-8,10-11H2,1-2H3/t12?,15-/m0/s1. The molecule has 0 amide bonds. The van der Waals surface area contributed by atoms with Crippen LogP contribution in [0, 0.1) is 0 Å². The minimum Gasteiger partial charge on any atom is -0.465 e. The molecule has 1 aliphatic heterocycles. The SMILES string of the molecule is COC(=O)c1cnc(N2CCN(C(C)c3ccc(C(F)(F)F)cc3)C[C@H]2COC(F)F)s1. The first-order valence-corrected chi connectivity index (χ1v) is 10.5. The number of methoxy groups -OCH3 is 1. The van der Waals surface area contributed by atoms with Crippen LogP contribution in [0.15, 0.2) is 30.5 Å². The lowest BCUT2D eigenvalue weighted by Crippen LogP contribution is -2.55. The minimum atomic E-state index is -4.41. The number of rotatable bonds is 7. The van der Waals surface area contributed by atoms with Gasteiger partial charge in [0.05, 0.1) is 31.5 Å². The van der Waals surface area contributed by atoms with Gasteiger partial charge in [-0.15, -0.1) is 0 Å². The van der Waals surface area contributed by atoms with Crippen LogP contribution in [0.1, 0.15) is 33.8 Å². The molecule has 176 valence electrons. The van der Waals surface area contributed by atoms with Gasteiger partial charge in [-0.25, -0.2) is 9.78 Å². The van der Waals surface area contributed by atoms with Crippen molar-refractivity contribution >= 4 is 22.4 Å². The zero-order valence-electron chi connectivity index (χ0n) is 17.3. The van der Waals surface area contributed by atoms with E-state index < -0.39 is 30.4 Å². The Balaban J connectivity index is 1.75. The average Bonchev–Trinajstić information content (AvgIpc) is 3.26. The fourth-order valence-corrected chi connectivity index (χ4v) is 4.50. The van der Waals surface area contributed by atoms with E-state index in [4.69, 9.17) is 0 Å². The molecule has 1 unspecified atom stereocenters. The molecule has 0 radical (unpaired) electrons. The van der Waals surface area contributed by atoms with Gasteiger partial charge in [-0.3, -0.25) is 4.90 Å². The second-order valence-corrected chi connectivity index (χ2v) is 8.24. The zero-order valence-corrected chi connectivity index (χ0v) is 18.1. The molecule has 2 aromatic rings. The molecule has 1 aromatic carbocycles. The molecule has 2 atom stereocenters. The number of hydrogen-bond donors (Lipinski definition) is 0. The molecule has 3 rings (SSSR count). The number of piperazine rings is 1. The number of alkyl halides is 5. The summed E-state index contributed by atoms with van der Waals surface area (Å²) >= 11 is 1.09. The summed E-state index contributed by atoms with van der Waals surface area (Å²) in [6, 6.07) is 4.18. The summed E-state index contributed by atoms with van der Waals surface area (Å²) < 4.78 is 73.1. The van der Waals surface area contributed by atoms with Gasteiger partial charge in [0.15, 0.2) is 5.13 Å². The van der Waals surface area contributed by atoms with E-state index in [0.717, 1.165) is 23.5 Å². The lowest BCUT2D eigenvalue weighted by atomic mass is 10.0. The van der Waals surface area contributed by atoms with Crippen LogP contribution < -0.4 is 4.90 Å². The second-order valence-electron chi connectivity index (χ2n) is 7.23. The predicted octanol–water partition coefficient (Wildman–Crippen LogP) is 4.44. The Morgan fingerprint density at radius 2 is 1.94 bits per heavy atom. The number of ether oxygens (including phenoxy) is 2. The van der Waals surface area contributed by atoms with Gasteiger partial charge in [0, 0.05) is 25.7 Å². The molecule has 32 heavy (non-hydrogen) atoms. The van der Waals surface area contributed by atoms with E-state index in [-0.39, 0.29) is 17.5 Å². The van der Waals surface area contributed by atoms with Crippen molar-refractivity contribution in [2.45, 2.75) is 31.8 Å². The van der Waals surface area contributed by atoms with Gasteiger partial charge < -0.3 is 14.4 Å². The Hall–Kier alpha value is -2.31. The van der Waals surface area contributed by atoms with Crippen molar-refractivity contribution in [2.75, 3.05) is 38.3 Å². The van der Waals surface area contributed by atoms with Crippen molar-refractivity contribution in [1.29, 1.82) is 0 Å². The number of esters is 1. The van der Waals surface area contributed by atoms with Crippen molar-refractivity contribution in [3.05, 3.63) is 46.5 Å². The third kappa shape index (κ3) is 5.73. The van der Waals surface area contributed by atoms with Crippen molar-refractivity contribution in [3.8, 4) is 0 Å². The van der Waals surface area contributed by atoms with Crippen LogP contribution in [-0.4, -0.2) is 61.9 Å². The molecule has 0 bridgehead atoms. The summed E-state index contributed by atoms with van der Waals surface area (Å²) in [7, 11) is 1.25. The molecule has 0 saturated carbocycles. The highest BCUT2D eigenvalue weighted by Crippen LogP contribution is 2.33. The Kier molecular flexibility index (Phi) is 7.67. The number of halogens is 5. The summed E-state index contributed by atoms with van der Waals surface area (Å²) in [6.45, 7) is -0.122. The fourth-order valence-electron chi connectivity index (χ4n) is 3.56. The molecule has 0 spiro atoms. The van der Waals surface area contributed by atoms with Crippen LogP contribution in [0.25, 0.3) is 0 Å². The summed E-state index contributed by atoms with van der Waals surface area (Å²) in [6.07, 6.45) is -3.05. The zero-order chi connectivity index (χ0) is 23.5. The number of benzene rings is 1. The van der Waals surface area contributed by atoms with Gasteiger partial charge in [0.2, 0.25) is 0 Å². The summed E-state index contributed by atoms with van der Waals surface area (Å²) in [4.78, 5) is 20.0. The predicted molar refractivity (Wildman–Crippen MR) is 108 cm³/mol. The van der Waals surface area contributed by atoms with E-state index in [0.29, 0.717) is 30.3 Å². The Morgan fingerprint density at radius 3 is 2.53 bits per heavy atom. The van der Waals surface area contributed by atoms with E-state index in [1.54, 1.807) is 4.90 Å².